The van der Waals surface area contributed by atoms with Crippen LogP contribution in [0.3, 0.4) is 0 Å². The normalized spacial score (nSPS) is 14.0. The molecule has 2 aromatic rings. The Hall–Kier alpha value is -1.49. The fourth-order valence-electron chi connectivity index (χ4n) is 1.91. The molecule has 0 aliphatic carbocycles. The van der Waals surface area contributed by atoms with Crippen LogP contribution in [-0.4, -0.2) is 35.6 Å². The zero-order valence-corrected chi connectivity index (χ0v) is 12.8. The van der Waals surface area contributed by atoms with Crippen LogP contribution in [0.4, 0.5) is 0 Å². The van der Waals surface area contributed by atoms with Crippen molar-refractivity contribution in [1.82, 2.24) is 0 Å². The van der Waals surface area contributed by atoms with Gasteiger partial charge in [-0.1, -0.05) is 17.7 Å². The van der Waals surface area contributed by atoms with Crippen LogP contribution in [0.25, 0.3) is 10.8 Å². The van der Waals surface area contributed by atoms with Gasteiger partial charge in [0.1, 0.15) is 24.7 Å². The molecule has 4 nitrogen and oxygen atoms in total. The fraction of sp³-hybridized carbons (Fsp3) is 0.375. The molecule has 2 atom stereocenters. The molecule has 114 valence electrons. The highest BCUT2D eigenvalue weighted by Crippen LogP contribution is 2.35. The van der Waals surface area contributed by atoms with Gasteiger partial charge in [-0.05, 0) is 43.5 Å². The number of aliphatic hydroxyl groups excluding tert-OH is 2. The first kappa shape index (κ1) is 15.9. The second-order valence-corrected chi connectivity index (χ2v) is 5.49. The second-order valence-electron chi connectivity index (χ2n) is 5.08. The molecule has 21 heavy (non-hydrogen) atoms. The van der Waals surface area contributed by atoms with Gasteiger partial charge in [-0.25, -0.2) is 0 Å². The summed E-state index contributed by atoms with van der Waals surface area (Å²) in [6.07, 6.45) is -1.08. The number of fused-ring (bicyclic) bond motifs is 1. The van der Waals surface area contributed by atoms with Crippen LogP contribution in [-0.2, 0) is 0 Å². The molecule has 0 saturated heterocycles. The van der Waals surface area contributed by atoms with Crippen molar-refractivity contribution in [3.05, 3.63) is 35.4 Å². The van der Waals surface area contributed by atoms with E-state index in [1.54, 1.807) is 26.0 Å². The van der Waals surface area contributed by atoms with Crippen LogP contribution in [0.15, 0.2) is 30.3 Å². The molecule has 2 N–H and O–H groups in total. The highest BCUT2D eigenvalue weighted by Gasteiger charge is 2.10. The lowest BCUT2D eigenvalue weighted by molar-refractivity contribution is 0.123. The Bertz CT molecular complexity index is 610. The maximum atomic E-state index is 9.33. The van der Waals surface area contributed by atoms with E-state index in [-0.39, 0.29) is 13.2 Å². The van der Waals surface area contributed by atoms with E-state index in [9.17, 15) is 10.2 Å². The van der Waals surface area contributed by atoms with Crippen LogP contribution >= 0.6 is 11.6 Å². The average molecular weight is 311 g/mol. The number of aliphatic hydroxyl groups is 2. The summed E-state index contributed by atoms with van der Waals surface area (Å²) in [5, 5.41) is 20.8. The SMILES string of the molecule is CC(O)COc1ccc2c(OCC(C)O)c(Cl)ccc2c1. The third kappa shape index (κ3) is 4.24. The summed E-state index contributed by atoms with van der Waals surface area (Å²) >= 11 is 6.16. The highest BCUT2D eigenvalue weighted by molar-refractivity contribution is 6.33. The molecule has 2 aromatic carbocycles. The molecule has 0 saturated carbocycles. The Morgan fingerprint density at radius 3 is 2.33 bits per heavy atom. The Labute approximate surface area is 128 Å². The third-order valence-electron chi connectivity index (χ3n) is 2.85. The minimum atomic E-state index is -0.565. The Morgan fingerprint density at radius 1 is 1.00 bits per heavy atom. The van der Waals surface area contributed by atoms with Crippen molar-refractivity contribution >= 4 is 22.4 Å². The van der Waals surface area contributed by atoms with Gasteiger partial charge in [0.15, 0.2) is 0 Å². The van der Waals surface area contributed by atoms with E-state index in [2.05, 4.69) is 0 Å². The Morgan fingerprint density at radius 2 is 1.67 bits per heavy atom. The van der Waals surface area contributed by atoms with E-state index < -0.39 is 12.2 Å². The minimum absolute atomic E-state index is 0.180. The summed E-state index contributed by atoms with van der Waals surface area (Å²) in [6, 6.07) is 9.15. The first-order valence-corrected chi connectivity index (χ1v) is 7.19. The zero-order chi connectivity index (χ0) is 15.4. The van der Waals surface area contributed by atoms with Gasteiger partial charge in [-0.3, -0.25) is 0 Å². The van der Waals surface area contributed by atoms with Gasteiger partial charge >= 0.3 is 0 Å². The predicted octanol–water partition coefficient (Wildman–Crippen LogP) is 3.01. The predicted molar refractivity (Wildman–Crippen MR) is 83.3 cm³/mol. The lowest BCUT2D eigenvalue weighted by Crippen LogP contribution is -2.13. The van der Waals surface area contributed by atoms with Crippen molar-refractivity contribution in [3.63, 3.8) is 0 Å². The molecule has 5 heteroatoms. The maximum absolute atomic E-state index is 9.33. The van der Waals surface area contributed by atoms with E-state index in [0.29, 0.717) is 16.5 Å². The molecule has 0 radical (unpaired) electrons. The van der Waals surface area contributed by atoms with Crippen molar-refractivity contribution in [1.29, 1.82) is 0 Å². The Kier molecular flexibility index (Phi) is 5.28. The summed E-state index contributed by atoms with van der Waals surface area (Å²) in [5.41, 5.74) is 0. The van der Waals surface area contributed by atoms with Crippen LogP contribution in [0.2, 0.25) is 5.02 Å². The molecule has 0 heterocycles. The van der Waals surface area contributed by atoms with Crippen molar-refractivity contribution in [2.75, 3.05) is 13.2 Å². The molecule has 0 amide bonds. The summed E-state index contributed by atoms with van der Waals surface area (Å²) in [7, 11) is 0. The van der Waals surface area contributed by atoms with Crippen molar-refractivity contribution in [2.24, 2.45) is 0 Å². The number of ether oxygens (including phenoxy) is 2. The molecule has 0 aliphatic rings. The molecule has 0 aliphatic heterocycles. The highest BCUT2D eigenvalue weighted by atomic mass is 35.5. The fourth-order valence-corrected chi connectivity index (χ4v) is 2.13. The minimum Gasteiger partial charge on any atom is -0.491 e. The number of hydrogen-bond acceptors (Lipinski definition) is 4. The summed E-state index contributed by atoms with van der Waals surface area (Å²) < 4.78 is 11.1. The Balaban J connectivity index is 2.30. The first-order valence-electron chi connectivity index (χ1n) is 6.81. The van der Waals surface area contributed by atoms with Gasteiger partial charge < -0.3 is 19.7 Å². The van der Waals surface area contributed by atoms with Gasteiger partial charge in [0.25, 0.3) is 0 Å². The molecule has 2 rings (SSSR count). The largest absolute Gasteiger partial charge is 0.491 e. The first-order chi connectivity index (χ1) is 9.97. The number of halogens is 1. The van der Waals surface area contributed by atoms with Crippen molar-refractivity contribution < 1.29 is 19.7 Å². The van der Waals surface area contributed by atoms with Gasteiger partial charge in [-0.2, -0.15) is 0 Å². The molecule has 0 aromatic heterocycles. The van der Waals surface area contributed by atoms with E-state index in [4.69, 9.17) is 21.1 Å². The summed E-state index contributed by atoms with van der Waals surface area (Å²) in [5.74, 6) is 1.23. The number of benzene rings is 2. The lowest BCUT2D eigenvalue weighted by Gasteiger charge is -2.14. The second kappa shape index (κ2) is 6.98. The molecule has 2 unspecified atom stereocenters. The smallest absolute Gasteiger partial charge is 0.145 e. The van der Waals surface area contributed by atoms with Gasteiger partial charge in [0, 0.05) is 5.39 Å². The van der Waals surface area contributed by atoms with E-state index in [1.807, 2.05) is 18.2 Å². The van der Waals surface area contributed by atoms with Gasteiger partial charge in [-0.15, -0.1) is 0 Å². The molecule has 0 spiro atoms. The van der Waals surface area contributed by atoms with Crippen LogP contribution in [0.1, 0.15) is 13.8 Å². The van der Waals surface area contributed by atoms with Crippen LogP contribution in [0.5, 0.6) is 11.5 Å². The van der Waals surface area contributed by atoms with Crippen molar-refractivity contribution in [2.45, 2.75) is 26.1 Å². The van der Waals surface area contributed by atoms with Gasteiger partial charge in [0.2, 0.25) is 0 Å². The van der Waals surface area contributed by atoms with E-state index >= 15 is 0 Å². The van der Waals surface area contributed by atoms with Gasteiger partial charge in [0.05, 0.1) is 17.2 Å². The average Bonchev–Trinajstić information content (AvgIpc) is 2.43. The van der Waals surface area contributed by atoms with Crippen molar-refractivity contribution in [3.8, 4) is 11.5 Å². The summed E-state index contributed by atoms with van der Waals surface area (Å²) in [4.78, 5) is 0. The monoisotopic (exact) mass is 310 g/mol. The van der Waals surface area contributed by atoms with E-state index in [1.165, 1.54) is 0 Å². The number of hydrogen-bond donors (Lipinski definition) is 2. The molecule has 0 bridgehead atoms. The summed E-state index contributed by atoms with van der Waals surface area (Å²) in [6.45, 7) is 3.74. The van der Waals surface area contributed by atoms with E-state index in [0.717, 1.165) is 10.8 Å². The van der Waals surface area contributed by atoms with Crippen LogP contribution in [0, 0.1) is 0 Å². The maximum Gasteiger partial charge on any atom is 0.145 e. The molecular weight excluding hydrogens is 292 g/mol. The lowest BCUT2D eigenvalue weighted by atomic mass is 10.1. The zero-order valence-electron chi connectivity index (χ0n) is 12.0. The quantitative estimate of drug-likeness (QED) is 0.861. The molecule has 0 fully saturated rings. The standard InChI is InChI=1S/C16H19ClO4/c1-10(18)8-20-13-4-5-14-12(7-13)3-6-15(17)16(14)21-9-11(2)19/h3-7,10-11,18-19H,8-9H2,1-2H3. The molecular formula is C16H19ClO4. The topological polar surface area (TPSA) is 58.9 Å². The van der Waals surface area contributed by atoms with Crippen LogP contribution < -0.4 is 9.47 Å². The third-order valence-corrected chi connectivity index (χ3v) is 3.15. The number of rotatable bonds is 6.